The topological polar surface area (TPSA) is 19.4 Å². The van der Waals surface area contributed by atoms with E-state index in [4.69, 9.17) is 4.98 Å². The van der Waals surface area contributed by atoms with E-state index in [1.807, 2.05) is 0 Å². The number of thiazole rings is 1. The zero-order valence-electron chi connectivity index (χ0n) is 38.2. The van der Waals surface area contributed by atoms with Crippen LogP contribution in [-0.4, -0.2) is 11.7 Å². The summed E-state index contributed by atoms with van der Waals surface area (Å²) in [5.41, 5.74) is 21.2. The van der Waals surface area contributed by atoms with Gasteiger partial charge in [0.1, 0.15) is 5.01 Å². The van der Waals surface area contributed by atoms with Crippen molar-refractivity contribution in [1.82, 2.24) is 4.98 Å². The smallest absolute Gasteiger partial charge is 0.252 e. The molecule has 2 aliphatic rings. The van der Waals surface area contributed by atoms with Crippen LogP contribution < -0.4 is 26.2 Å². The molecule has 0 radical (unpaired) electrons. The van der Waals surface area contributed by atoms with Gasteiger partial charge in [0, 0.05) is 39.3 Å². The molecule has 3 heterocycles. The van der Waals surface area contributed by atoms with Crippen LogP contribution in [0.15, 0.2) is 224 Å². The zero-order valence-corrected chi connectivity index (χ0v) is 39.0. The number of nitrogens with zero attached hydrogens (tertiary/aromatic N) is 3. The molecule has 0 N–H and O–H groups in total. The number of benzene rings is 10. The van der Waals surface area contributed by atoms with Crippen molar-refractivity contribution in [3.63, 3.8) is 0 Å². The van der Waals surface area contributed by atoms with Gasteiger partial charge in [-0.1, -0.05) is 189 Å². The van der Waals surface area contributed by atoms with Crippen molar-refractivity contribution in [3.8, 4) is 32.8 Å². The number of hydrogen-bond donors (Lipinski definition) is 0. The largest absolute Gasteiger partial charge is 0.311 e. The van der Waals surface area contributed by atoms with Crippen LogP contribution >= 0.6 is 11.3 Å². The first kappa shape index (κ1) is 40.3. The summed E-state index contributed by atoms with van der Waals surface area (Å²) in [6.07, 6.45) is 0. The number of aryl methyl sites for hydroxylation is 1. The summed E-state index contributed by atoms with van der Waals surface area (Å²) >= 11 is 1.76. The molecule has 0 saturated heterocycles. The fourth-order valence-corrected chi connectivity index (χ4v) is 12.0. The number of hydrogen-bond acceptors (Lipinski definition) is 4. The van der Waals surface area contributed by atoms with Crippen molar-refractivity contribution in [3.05, 3.63) is 241 Å². The lowest BCUT2D eigenvalue weighted by Gasteiger charge is -2.46. The molecule has 0 atom stereocenters. The summed E-state index contributed by atoms with van der Waals surface area (Å²) in [5.74, 6) is 0. The summed E-state index contributed by atoms with van der Waals surface area (Å²) in [6, 6.07) is 83.1. The second kappa shape index (κ2) is 15.8. The van der Waals surface area contributed by atoms with Crippen LogP contribution in [0.2, 0.25) is 0 Å². The summed E-state index contributed by atoms with van der Waals surface area (Å²) in [5, 5.41) is 3.47. The Morgan fingerprint density at radius 3 is 1.79 bits per heavy atom. The van der Waals surface area contributed by atoms with E-state index in [9.17, 15) is 0 Å². The van der Waals surface area contributed by atoms with Crippen LogP contribution in [0.25, 0.3) is 53.8 Å². The third kappa shape index (κ3) is 6.37. The maximum absolute atomic E-state index is 5.28. The van der Waals surface area contributed by atoms with Crippen molar-refractivity contribution in [2.24, 2.45) is 0 Å². The third-order valence-electron chi connectivity index (χ3n) is 14.4. The van der Waals surface area contributed by atoms with E-state index >= 15 is 0 Å². The Hall–Kier alpha value is -7.99. The highest BCUT2D eigenvalue weighted by atomic mass is 32.1. The first-order chi connectivity index (χ1) is 33.4. The van der Waals surface area contributed by atoms with Crippen molar-refractivity contribution in [2.45, 2.75) is 26.2 Å². The molecule has 1 aromatic heterocycles. The van der Waals surface area contributed by atoms with E-state index in [2.05, 4.69) is 255 Å². The molecule has 0 amide bonds. The highest BCUT2D eigenvalue weighted by Gasteiger charge is 2.45. The molecule has 0 fully saturated rings. The van der Waals surface area contributed by atoms with Crippen LogP contribution in [0.3, 0.4) is 0 Å². The van der Waals surface area contributed by atoms with E-state index in [1.54, 1.807) is 11.3 Å². The second-order valence-electron chi connectivity index (χ2n) is 18.8. The number of aromatic nitrogens is 1. The minimum atomic E-state index is -0.355. The number of fused-ring (bicyclic) bond motifs is 6. The fourth-order valence-electron chi connectivity index (χ4n) is 11.0. The summed E-state index contributed by atoms with van der Waals surface area (Å²) in [4.78, 5) is 10.4. The van der Waals surface area contributed by atoms with E-state index in [1.165, 1.54) is 93.6 Å². The summed E-state index contributed by atoms with van der Waals surface area (Å²) in [7, 11) is 0. The molecule has 13 rings (SSSR count). The van der Waals surface area contributed by atoms with E-state index in [-0.39, 0.29) is 12.1 Å². The average Bonchev–Trinajstić information content (AvgIpc) is 3.83. The molecule has 0 saturated carbocycles. The molecule has 0 unspecified atom stereocenters. The third-order valence-corrected chi connectivity index (χ3v) is 15.5. The molecule has 2 aliphatic heterocycles. The Kier molecular flexibility index (Phi) is 9.38. The molecule has 10 aromatic carbocycles. The number of para-hydroxylation sites is 3. The van der Waals surface area contributed by atoms with Crippen molar-refractivity contribution in [1.29, 1.82) is 0 Å². The van der Waals surface area contributed by atoms with Crippen molar-refractivity contribution >= 4 is 89.6 Å². The zero-order chi connectivity index (χ0) is 45.5. The SMILES string of the molecule is Cc1ccc2c(c1)B1c3cc(-c4ccccc4)ccc3N(c3ccccc3-c3cccc4ccccc34)c3cc(C(C)(C)c4ccccc4)cc(c31)N2c1ccccc1-c1nc2ccccc2s1. The lowest BCUT2D eigenvalue weighted by atomic mass is 9.33. The Morgan fingerprint density at radius 2 is 1.03 bits per heavy atom. The van der Waals surface area contributed by atoms with E-state index < -0.39 is 0 Å². The average molecular weight is 888 g/mol. The Bertz CT molecular complexity index is 3730. The molecule has 0 spiro atoms. The number of anilines is 6. The van der Waals surface area contributed by atoms with Crippen LogP contribution in [0.5, 0.6) is 0 Å². The quantitative estimate of drug-likeness (QED) is 0.149. The van der Waals surface area contributed by atoms with Crippen LogP contribution in [0.4, 0.5) is 34.1 Å². The molecule has 0 bridgehead atoms. The van der Waals surface area contributed by atoms with Gasteiger partial charge < -0.3 is 9.80 Å². The first-order valence-corrected chi connectivity index (χ1v) is 24.4. The van der Waals surface area contributed by atoms with Crippen LogP contribution in [-0.2, 0) is 5.41 Å². The molecule has 68 heavy (non-hydrogen) atoms. The van der Waals surface area contributed by atoms with Gasteiger partial charge in [-0.2, -0.15) is 0 Å². The molecular weight excluding hydrogens is 842 g/mol. The normalized spacial score (nSPS) is 12.8. The van der Waals surface area contributed by atoms with Gasteiger partial charge in [0.25, 0.3) is 6.71 Å². The highest BCUT2D eigenvalue weighted by molar-refractivity contribution is 7.21. The van der Waals surface area contributed by atoms with Gasteiger partial charge in [0.15, 0.2) is 0 Å². The minimum Gasteiger partial charge on any atom is -0.311 e. The van der Waals surface area contributed by atoms with Crippen LogP contribution in [0.1, 0.15) is 30.5 Å². The Labute approximate surface area is 402 Å². The maximum atomic E-state index is 5.28. The Balaban J connectivity index is 1.16. The molecule has 5 heteroatoms. The van der Waals surface area contributed by atoms with Gasteiger partial charge in [-0.3, -0.25) is 0 Å². The van der Waals surface area contributed by atoms with Gasteiger partial charge in [0.05, 0.1) is 21.6 Å². The van der Waals surface area contributed by atoms with Gasteiger partial charge in [-0.05, 0) is 116 Å². The fraction of sp³-hybridized carbons (Fsp3) is 0.0635. The first-order valence-electron chi connectivity index (χ1n) is 23.6. The van der Waals surface area contributed by atoms with E-state index in [0.717, 1.165) is 27.5 Å². The molecular formula is C63H46BN3S. The molecule has 11 aromatic rings. The van der Waals surface area contributed by atoms with Crippen LogP contribution in [0, 0.1) is 6.92 Å². The molecule has 0 aliphatic carbocycles. The van der Waals surface area contributed by atoms with Gasteiger partial charge in [-0.15, -0.1) is 11.3 Å². The number of rotatable bonds is 7. The lowest BCUT2D eigenvalue weighted by molar-refractivity contribution is 0.641. The highest BCUT2D eigenvalue weighted by Crippen LogP contribution is 2.51. The minimum absolute atomic E-state index is 0.0609. The van der Waals surface area contributed by atoms with Gasteiger partial charge in [-0.25, -0.2) is 4.98 Å². The van der Waals surface area contributed by atoms with Gasteiger partial charge in [0.2, 0.25) is 0 Å². The van der Waals surface area contributed by atoms with Gasteiger partial charge >= 0.3 is 0 Å². The van der Waals surface area contributed by atoms with E-state index in [0.29, 0.717) is 0 Å². The monoisotopic (exact) mass is 887 g/mol. The second-order valence-corrected chi connectivity index (χ2v) is 19.8. The Morgan fingerprint density at radius 1 is 0.441 bits per heavy atom. The summed E-state index contributed by atoms with van der Waals surface area (Å²) < 4.78 is 1.18. The van der Waals surface area contributed by atoms with Crippen molar-refractivity contribution in [2.75, 3.05) is 9.80 Å². The van der Waals surface area contributed by atoms with Crippen molar-refractivity contribution < 1.29 is 0 Å². The maximum Gasteiger partial charge on any atom is 0.252 e. The molecule has 322 valence electrons. The molecule has 3 nitrogen and oxygen atoms in total. The predicted octanol–water partition coefficient (Wildman–Crippen LogP) is 15.2. The predicted molar refractivity (Wildman–Crippen MR) is 291 cm³/mol. The lowest BCUT2D eigenvalue weighted by Crippen LogP contribution is -2.61. The summed E-state index contributed by atoms with van der Waals surface area (Å²) in [6.45, 7) is 6.93. The standard InChI is InChI=1S/C63H46BN3S/c1-41-33-35-56-51(37-41)64-52-38-44(42-19-6-4-7-20-42)34-36-57(52)66(54-30-15-12-26-49(54)48-28-18-22-43-21-10-11-25-47(43)48)58-39-46(63(2,3)45-23-8-5-9-24-45)40-59(61(58)64)67(56)55-31-16-13-27-50(55)62-65-53-29-14-17-32-60(53)68-62/h4-40H,1-3H3.